The molecule has 0 aromatic heterocycles. The molecule has 0 bridgehead atoms. The first-order chi connectivity index (χ1) is 17.1. The molecule has 0 aliphatic carbocycles. The highest BCUT2D eigenvalue weighted by atomic mass is 35.5. The number of carbonyl (C=O) groups is 2. The predicted molar refractivity (Wildman–Crippen MR) is 142 cm³/mol. The maximum atomic E-state index is 13.0. The van der Waals surface area contributed by atoms with Gasteiger partial charge in [-0.2, -0.15) is 0 Å². The number of carbonyl (C=O) groups excluding carboxylic acids is 2. The molecule has 1 atom stereocenters. The minimum absolute atomic E-state index is 0.0718. The molecule has 5 nitrogen and oxygen atoms in total. The summed E-state index contributed by atoms with van der Waals surface area (Å²) in [7, 11) is 0. The summed E-state index contributed by atoms with van der Waals surface area (Å²) >= 11 is 6.32. The Morgan fingerprint density at radius 1 is 0.743 bits per heavy atom. The Balaban J connectivity index is 1.17. The Kier molecular flexibility index (Phi) is 6.68. The molecule has 6 heteroatoms. The molecule has 1 N–H and O–H groups in total. The van der Waals surface area contributed by atoms with Crippen molar-refractivity contribution in [3.05, 3.63) is 108 Å². The highest BCUT2D eigenvalue weighted by molar-refractivity contribution is 6.32. The van der Waals surface area contributed by atoms with Gasteiger partial charge in [0.25, 0.3) is 5.91 Å². The zero-order chi connectivity index (χ0) is 24.2. The molecule has 4 aromatic rings. The van der Waals surface area contributed by atoms with Crippen LogP contribution in [-0.4, -0.2) is 42.9 Å². The van der Waals surface area contributed by atoms with Crippen molar-refractivity contribution in [3.8, 4) is 0 Å². The molecule has 1 unspecified atom stereocenters. The molecule has 35 heavy (non-hydrogen) atoms. The number of anilines is 2. The van der Waals surface area contributed by atoms with Crippen LogP contribution in [0.4, 0.5) is 11.4 Å². The van der Waals surface area contributed by atoms with Gasteiger partial charge in [-0.1, -0.05) is 60.7 Å². The van der Waals surface area contributed by atoms with Gasteiger partial charge in [0.15, 0.2) is 0 Å². The van der Waals surface area contributed by atoms with E-state index in [1.165, 1.54) is 0 Å². The normalized spacial score (nSPS) is 14.5. The van der Waals surface area contributed by atoms with Crippen molar-refractivity contribution in [1.82, 2.24) is 4.90 Å². The summed E-state index contributed by atoms with van der Waals surface area (Å²) < 4.78 is 0. The number of nitrogens with one attached hydrogen (secondary N) is 1. The second kappa shape index (κ2) is 10.2. The lowest BCUT2D eigenvalue weighted by atomic mass is 10.1. The number of hydrogen-bond donors (Lipinski definition) is 1. The zero-order valence-corrected chi connectivity index (χ0v) is 20.0. The monoisotopic (exact) mass is 483 g/mol. The van der Waals surface area contributed by atoms with E-state index in [0.717, 1.165) is 40.7 Å². The van der Waals surface area contributed by atoms with Crippen LogP contribution in [0.15, 0.2) is 97.1 Å². The molecule has 0 spiro atoms. The first-order valence-electron chi connectivity index (χ1n) is 11.7. The molecule has 1 fully saturated rings. The molecule has 1 saturated heterocycles. The largest absolute Gasteiger partial charge is 0.368 e. The van der Waals surface area contributed by atoms with Crippen molar-refractivity contribution >= 4 is 45.6 Å². The van der Waals surface area contributed by atoms with E-state index in [0.29, 0.717) is 18.8 Å². The van der Waals surface area contributed by atoms with Crippen molar-refractivity contribution in [2.24, 2.45) is 0 Å². The molecule has 176 valence electrons. The van der Waals surface area contributed by atoms with Gasteiger partial charge in [-0.25, -0.2) is 0 Å². The summed E-state index contributed by atoms with van der Waals surface area (Å²) in [5.74, 6) is -0.186. The summed E-state index contributed by atoms with van der Waals surface area (Å²) in [6.07, 6.45) is 0. The molecule has 0 radical (unpaired) electrons. The number of amides is 2. The second-order valence-corrected chi connectivity index (χ2v) is 9.09. The van der Waals surface area contributed by atoms with Crippen molar-refractivity contribution in [3.63, 3.8) is 0 Å². The van der Waals surface area contributed by atoms with E-state index in [1.54, 1.807) is 0 Å². The lowest BCUT2D eigenvalue weighted by Gasteiger charge is -2.36. The van der Waals surface area contributed by atoms with Crippen molar-refractivity contribution in [2.45, 2.75) is 5.38 Å². The summed E-state index contributed by atoms with van der Waals surface area (Å²) in [6, 6.07) is 31.0. The third kappa shape index (κ3) is 5.15. The minimum atomic E-state index is -0.746. The number of hydrogen-bond acceptors (Lipinski definition) is 3. The van der Waals surface area contributed by atoms with Gasteiger partial charge in [0.2, 0.25) is 5.91 Å². The maximum Gasteiger partial charge on any atom is 0.253 e. The van der Waals surface area contributed by atoms with Gasteiger partial charge >= 0.3 is 0 Å². The second-order valence-electron chi connectivity index (χ2n) is 8.65. The minimum Gasteiger partial charge on any atom is -0.368 e. The molecular formula is C29H26ClN3O2. The lowest BCUT2D eigenvalue weighted by molar-refractivity contribution is -0.116. The molecule has 1 heterocycles. The van der Waals surface area contributed by atoms with Gasteiger partial charge in [-0.05, 0) is 52.7 Å². The number of piperazine rings is 1. The first kappa shape index (κ1) is 22.9. The fourth-order valence-electron chi connectivity index (χ4n) is 4.41. The number of nitrogens with zero attached hydrogens (tertiary/aromatic N) is 2. The summed E-state index contributed by atoms with van der Waals surface area (Å²) in [4.78, 5) is 29.7. The molecule has 0 saturated carbocycles. The van der Waals surface area contributed by atoms with Crippen LogP contribution in [0.25, 0.3) is 10.8 Å². The van der Waals surface area contributed by atoms with Gasteiger partial charge in [-0.15, -0.1) is 11.6 Å². The quantitative estimate of drug-likeness (QED) is 0.369. The van der Waals surface area contributed by atoms with Crippen LogP contribution in [-0.2, 0) is 4.79 Å². The summed E-state index contributed by atoms with van der Waals surface area (Å²) in [6.45, 7) is 2.83. The van der Waals surface area contributed by atoms with Crippen molar-refractivity contribution < 1.29 is 9.59 Å². The number of rotatable bonds is 5. The highest BCUT2D eigenvalue weighted by Gasteiger charge is 2.23. The van der Waals surface area contributed by atoms with Crippen LogP contribution in [0, 0.1) is 0 Å². The number of alkyl halides is 1. The van der Waals surface area contributed by atoms with Crippen LogP contribution >= 0.6 is 11.6 Å². The summed E-state index contributed by atoms with van der Waals surface area (Å²) in [5, 5.41) is 4.35. The van der Waals surface area contributed by atoms with Gasteiger partial charge in [0, 0.05) is 43.1 Å². The van der Waals surface area contributed by atoms with E-state index in [-0.39, 0.29) is 11.8 Å². The molecule has 5 rings (SSSR count). The van der Waals surface area contributed by atoms with Crippen LogP contribution in [0.5, 0.6) is 0 Å². The predicted octanol–water partition coefficient (Wildman–Crippen LogP) is 5.72. The van der Waals surface area contributed by atoms with E-state index in [1.807, 2.05) is 95.9 Å². The maximum absolute atomic E-state index is 13.0. The Morgan fingerprint density at radius 2 is 1.40 bits per heavy atom. The van der Waals surface area contributed by atoms with Crippen molar-refractivity contribution in [1.29, 1.82) is 0 Å². The van der Waals surface area contributed by atoms with E-state index in [2.05, 4.69) is 16.3 Å². The van der Waals surface area contributed by atoms with Crippen molar-refractivity contribution in [2.75, 3.05) is 36.4 Å². The van der Waals surface area contributed by atoms with Gasteiger partial charge in [0.05, 0.1) is 0 Å². The smallest absolute Gasteiger partial charge is 0.253 e. The number of fused-ring (bicyclic) bond motifs is 1. The average molecular weight is 484 g/mol. The Bertz CT molecular complexity index is 1330. The molecular weight excluding hydrogens is 458 g/mol. The van der Waals surface area contributed by atoms with E-state index in [9.17, 15) is 9.59 Å². The van der Waals surface area contributed by atoms with Crippen LogP contribution in [0.1, 0.15) is 21.3 Å². The molecule has 1 aliphatic rings. The van der Waals surface area contributed by atoms with Gasteiger partial charge < -0.3 is 15.1 Å². The van der Waals surface area contributed by atoms with Gasteiger partial charge in [-0.3, -0.25) is 9.59 Å². The van der Waals surface area contributed by atoms with E-state index in [4.69, 9.17) is 11.6 Å². The van der Waals surface area contributed by atoms with Crippen LogP contribution in [0.2, 0.25) is 0 Å². The Labute approximate surface area is 209 Å². The Hall–Kier alpha value is -3.83. The van der Waals surface area contributed by atoms with E-state index < -0.39 is 5.38 Å². The summed E-state index contributed by atoms with van der Waals surface area (Å²) in [5.41, 5.74) is 3.25. The van der Waals surface area contributed by atoms with Crippen LogP contribution in [0.3, 0.4) is 0 Å². The standard InChI is InChI=1S/C29H26ClN3O2/c30-27(22-7-2-1-3-8-22)28(34)31-25-12-14-26(15-13-25)32-16-18-33(19-17-32)29(35)24-11-10-21-6-4-5-9-23(21)20-24/h1-15,20,27H,16-19H2,(H,31,34). The van der Waals surface area contributed by atoms with Crippen LogP contribution < -0.4 is 10.2 Å². The molecule has 4 aromatic carbocycles. The molecule has 2 amide bonds. The fourth-order valence-corrected chi connectivity index (χ4v) is 4.61. The third-order valence-corrected chi connectivity index (χ3v) is 6.84. The SMILES string of the molecule is O=C(Nc1ccc(N2CCN(C(=O)c3ccc4ccccc4c3)CC2)cc1)C(Cl)c1ccccc1. The van der Waals surface area contributed by atoms with Gasteiger partial charge in [0.1, 0.15) is 5.38 Å². The number of halogens is 1. The Morgan fingerprint density at radius 3 is 2.11 bits per heavy atom. The lowest BCUT2D eigenvalue weighted by Crippen LogP contribution is -2.48. The fraction of sp³-hybridized carbons (Fsp3) is 0.172. The zero-order valence-electron chi connectivity index (χ0n) is 19.2. The topological polar surface area (TPSA) is 52.7 Å². The first-order valence-corrected chi connectivity index (χ1v) is 12.1. The number of benzene rings is 4. The average Bonchev–Trinajstić information content (AvgIpc) is 2.93. The third-order valence-electron chi connectivity index (χ3n) is 6.39. The molecule has 1 aliphatic heterocycles. The van der Waals surface area contributed by atoms with E-state index >= 15 is 0 Å². The highest BCUT2D eigenvalue weighted by Crippen LogP contribution is 2.25.